The van der Waals surface area contributed by atoms with Crippen molar-refractivity contribution in [2.75, 3.05) is 6.54 Å². The molecule has 0 amide bonds. The lowest BCUT2D eigenvalue weighted by atomic mass is 9.48. The van der Waals surface area contributed by atoms with Gasteiger partial charge in [0, 0.05) is 6.04 Å². The average molecular weight is 290 g/mol. The first-order chi connectivity index (χ1) is 10.3. The first kappa shape index (κ1) is 14.5. The van der Waals surface area contributed by atoms with Crippen LogP contribution in [0.25, 0.3) is 0 Å². The van der Waals surface area contributed by atoms with E-state index in [1.54, 1.807) is 38.5 Å². The van der Waals surface area contributed by atoms with Crippen molar-refractivity contribution in [2.45, 2.75) is 90.0 Å². The summed E-state index contributed by atoms with van der Waals surface area (Å²) < 4.78 is 0. The van der Waals surface area contributed by atoms with E-state index in [0.29, 0.717) is 0 Å². The summed E-state index contributed by atoms with van der Waals surface area (Å²) in [5, 5.41) is 3.99. The molecule has 21 heavy (non-hydrogen) atoms. The molecule has 5 aliphatic carbocycles. The van der Waals surface area contributed by atoms with Gasteiger partial charge in [-0.1, -0.05) is 19.8 Å². The number of rotatable bonds is 6. The van der Waals surface area contributed by atoms with Gasteiger partial charge in [-0.15, -0.1) is 0 Å². The van der Waals surface area contributed by atoms with E-state index in [-0.39, 0.29) is 0 Å². The quantitative estimate of drug-likeness (QED) is 0.713. The molecule has 1 heteroatoms. The van der Waals surface area contributed by atoms with Gasteiger partial charge in [0.25, 0.3) is 0 Å². The Kier molecular flexibility index (Phi) is 4.07. The molecule has 1 unspecified atom stereocenters. The standard InChI is InChI=1S/C20H35N/c1-2-7-21-19(18-5-3-4-6-18)14-20-11-15-8-16(12-20)10-17(9-15)13-20/h15-19,21H,2-14H2,1H3. The van der Waals surface area contributed by atoms with E-state index in [0.717, 1.165) is 35.1 Å². The topological polar surface area (TPSA) is 12.0 Å². The average Bonchev–Trinajstić information content (AvgIpc) is 2.96. The molecule has 1 N–H and O–H groups in total. The number of nitrogens with one attached hydrogen (secondary N) is 1. The van der Waals surface area contributed by atoms with Gasteiger partial charge in [0.1, 0.15) is 0 Å². The monoisotopic (exact) mass is 289 g/mol. The minimum atomic E-state index is 0.767. The molecule has 120 valence electrons. The van der Waals surface area contributed by atoms with Crippen LogP contribution in [0.2, 0.25) is 0 Å². The summed E-state index contributed by atoms with van der Waals surface area (Å²) in [6.45, 7) is 3.57. The van der Waals surface area contributed by atoms with Crippen LogP contribution < -0.4 is 5.32 Å². The minimum Gasteiger partial charge on any atom is -0.314 e. The summed E-state index contributed by atoms with van der Waals surface area (Å²) in [5.41, 5.74) is 0.767. The molecule has 0 radical (unpaired) electrons. The lowest BCUT2D eigenvalue weighted by Crippen LogP contribution is -2.50. The van der Waals surface area contributed by atoms with Crippen molar-refractivity contribution in [3.8, 4) is 0 Å². The van der Waals surface area contributed by atoms with Gasteiger partial charge in [-0.2, -0.15) is 0 Å². The van der Waals surface area contributed by atoms with Gasteiger partial charge < -0.3 is 5.32 Å². The predicted molar refractivity (Wildman–Crippen MR) is 89.3 cm³/mol. The molecule has 5 fully saturated rings. The molecule has 0 spiro atoms. The molecule has 4 bridgehead atoms. The van der Waals surface area contributed by atoms with Gasteiger partial charge in [-0.3, -0.25) is 0 Å². The van der Waals surface area contributed by atoms with E-state index in [9.17, 15) is 0 Å². The summed E-state index contributed by atoms with van der Waals surface area (Å²) in [6.07, 6.45) is 18.4. The van der Waals surface area contributed by atoms with Gasteiger partial charge in [-0.05, 0) is 99.8 Å². The van der Waals surface area contributed by atoms with Gasteiger partial charge in [0.2, 0.25) is 0 Å². The minimum absolute atomic E-state index is 0.767. The normalized spacial score (nSPS) is 43.6. The molecule has 0 aliphatic heterocycles. The van der Waals surface area contributed by atoms with Crippen molar-refractivity contribution < 1.29 is 0 Å². The van der Waals surface area contributed by atoms with Crippen molar-refractivity contribution >= 4 is 0 Å². The Morgan fingerprint density at radius 3 is 2.05 bits per heavy atom. The van der Waals surface area contributed by atoms with Crippen molar-refractivity contribution in [3.63, 3.8) is 0 Å². The molecule has 5 aliphatic rings. The molecule has 1 atom stereocenters. The Labute approximate surface area is 131 Å². The largest absolute Gasteiger partial charge is 0.314 e. The Hall–Kier alpha value is -0.0400. The highest BCUT2D eigenvalue weighted by atomic mass is 14.9. The zero-order chi connectivity index (χ0) is 14.3. The molecular weight excluding hydrogens is 254 g/mol. The van der Waals surface area contributed by atoms with E-state index < -0.39 is 0 Å². The third kappa shape index (κ3) is 2.92. The molecule has 0 heterocycles. The maximum atomic E-state index is 3.99. The fourth-order valence-corrected chi connectivity index (χ4v) is 7.10. The van der Waals surface area contributed by atoms with Gasteiger partial charge in [0.15, 0.2) is 0 Å². The molecule has 0 aromatic heterocycles. The smallest absolute Gasteiger partial charge is 0.0101 e. The summed E-state index contributed by atoms with van der Waals surface area (Å²) >= 11 is 0. The van der Waals surface area contributed by atoms with Crippen LogP contribution in [-0.4, -0.2) is 12.6 Å². The lowest BCUT2D eigenvalue weighted by Gasteiger charge is -2.58. The number of hydrogen-bond acceptors (Lipinski definition) is 1. The molecule has 0 aromatic carbocycles. The first-order valence-corrected chi connectivity index (χ1v) is 10.00. The summed E-state index contributed by atoms with van der Waals surface area (Å²) in [4.78, 5) is 0. The van der Waals surface area contributed by atoms with Crippen molar-refractivity contribution in [2.24, 2.45) is 29.1 Å². The third-order valence-electron chi connectivity index (χ3n) is 7.44. The van der Waals surface area contributed by atoms with Crippen LogP contribution in [-0.2, 0) is 0 Å². The second-order valence-corrected chi connectivity index (χ2v) is 9.23. The fourth-order valence-electron chi connectivity index (χ4n) is 7.10. The Bertz CT molecular complexity index is 320. The van der Waals surface area contributed by atoms with Crippen LogP contribution in [0, 0.1) is 29.1 Å². The number of hydrogen-bond donors (Lipinski definition) is 1. The van der Waals surface area contributed by atoms with E-state index in [4.69, 9.17) is 0 Å². The van der Waals surface area contributed by atoms with Crippen LogP contribution in [0.5, 0.6) is 0 Å². The molecule has 5 saturated carbocycles. The van der Waals surface area contributed by atoms with Gasteiger partial charge >= 0.3 is 0 Å². The Balaban J connectivity index is 1.46. The zero-order valence-corrected chi connectivity index (χ0v) is 14.1. The summed E-state index contributed by atoms with van der Waals surface area (Å²) in [7, 11) is 0. The predicted octanol–water partition coefficient (Wildman–Crippen LogP) is 5.15. The van der Waals surface area contributed by atoms with Crippen molar-refractivity contribution in [3.05, 3.63) is 0 Å². The zero-order valence-electron chi connectivity index (χ0n) is 14.1. The van der Waals surface area contributed by atoms with Gasteiger partial charge in [0.05, 0.1) is 0 Å². The van der Waals surface area contributed by atoms with E-state index in [1.807, 2.05) is 0 Å². The maximum Gasteiger partial charge on any atom is 0.0101 e. The molecule has 1 nitrogen and oxygen atoms in total. The second kappa shape index (κ2) is 5.87. The first-order valence-electron chi connectivity index (χ1n) is 10.00. The van der Waals surface area contributed by atoms with Crippen LogP contribution in [0.3, 0.4) is 0 Å². The summed E-state index contributed by atoms with van der Waals surface area (Å²) in [6, 6.07) is 0.851. The van der Waals surface area contributed by atoms with Gasteiger partial charge in [-0.25, -0.2) is 0 Å². The third-order valence-corrected chi connectivity index (χ3v) is 7.44. The van der Waals surface area contributed by atoms with Crippen LogP contribution in [0.15, 0.2) is 0 Å². The van der Waals surface area contributed by atoms with Crippen LogP contribution in [0.4, 0.5) is 0 Å². The van der Waals surface area contributed by atoms with E-state index in [2.05, 4.69) is 12.2 Å². The van der Waals surface area contributed by atoms with Crippen molar-refractivity contribution in [1.29, 1.82) is 0 Å². The molecular formula is C20H35N. The maximum absolute atomic E-state index is 3.99. The Morgan fingerprint density at radius 1 is 0.952 bits per heavy atom. The van der Waals surface area contributed by atoms with E-state index >= 15 is 0 Å². The highest BCUT2D eigenvalue weighted by Crippen LogP contribution is 2.62. The van der Waals surface area contributed by atoms with Crippen LogP contribution >= 0.6 is 0 Å². The molecule has 0 saturated heterocycles. The molecule has 5 rings (SSSR count). The summed E-state index contributed by atoms with van der Waals surface area (Å²) in [5.74, 6) is 4.36. The lowest BCUT2D eigenvalue weighted by molar-refractivity contribution is -0.0648. The highest BCUT2D eigenvalue weighted by molar-refractivity contribution is 5.03. The van der Waals surface area contributed by atoms with E-state index in [1.165, 1.54) is 45.1 Å². The van der Waals surface area contributed by atoms with Crippen LogP contribution in [0.1, 0.15) is 84.0 Å². The van der Waals surface area contributed by atoms with Crippen molar-refractivity contribution in [1.82, 2.24) is 5.32 Å². The SMILES string of the molecule is CCCNC(CC12CC3CC(CC(C3)C1)C2)C1CCCC1. The second-order valence-electron chi connectivity index (χ2n) is 9.23. The Morgan fingerprint density at radius 2 is 1.52 bits per heavy atom. The fraction of sp³-hybridized carbons (Fsp3) is 1.00. The highest BCUT2D eigenvalue weighted by Gasteiger charge is 2.51. The molecule has 0 aromatic rings.